The van der Waals surface area contributed by atoms with E-state index in [0.29, 0.717) is 10.1 Å². The summed E-state index contributed by atoms with van der Waals surface area (Å²) < 4.78 is 42.3. The molecule has 37 heavy (non-hydrogen) atoms. The van der Waals surface area contributed by atoms with E-state index in [1.165, 1.54) is 16.9 Å². The molecular formula is C28H47NO4S2Si2. The van der Waals surface area contributed by atoms with Crippen LogP contribution in [-0.2, 0) is 10.0 Å². The number of sulfonamides is 1. The van der Waals surface area contributed by atoms with Crippen LogP contribution in [0.1, 0.15) is 78.7 Å². The molecule has 208 valence electrons. The van der Waals surface area contributed by atoms with Crippen LogP contribution in [0.15, 0.2) is 39.9 Å². The number of nitrogens with one attached hydrogen (secondary N) is 1. The van der Waals surface area contributed by atoms with Gasteiger partial charge in [-0.25, -0.2) is 13.1 Å². The van der Waals surface area contributed by atoms with Crippen LogP contribution in [0.4, 0.5) is 0 Å². The number of thiophene rings is 1. The monoisotopic (exact) mass is 581 g/mol. The summed E-state index contributed by atoms with van der Waals surface area (Å²) in [4.78, 5) is 0. The summed E-state index contributed by atoms with van der Waals surface area (Å²) in [5.74, 6) is 2.18. The molecule has 2 aromatic rings. The fourth-order valence-corrected chi connectivity index (χ4v) is 8.47. The fraction of sp³-hybridized carbons (Fsp3) is 0.643. The molecule has 1 aromatic heterocycles. The minimum Gasteiger partial charge on any atom is -0.543 e. The molecule has 0 spiro atoms. The van der Waals surface area contributed by atoms with Crippen molar-refractivity contribution in [2.75, 3.05) is 0 Å². The van der Waals surface area contributed by atoms with Crippen LogP contribution in [-0.4, -0.2) is 31.1 Å². The summed E-state index contributed by atoms with van der Waals surface area (Å²) in [6.07, 6.45) is 3.48. The van der Waals surface area contributed by atoms with E-state index in [1.807, 2.05) is 0 Å². The second-order valence-electron chi connectivity index (χ2n) is 13.5. The van der Waals surface area contributed by atoms with Gasteiger partial charge in [0.25, 0.3) is 0 Å². The molecule has 1 aliphatic rings. The molecule has 0 unspecified atom stereocenters. The zero-order valence-electron chi connectivity index (χ0n) is 24.4. The third-order valence-corrected chi connectivity index (χ3v) is 20.2. The van der Waals surface area contributed by atoms with Gasteiger partial charge in [-0.3, -0.25) is 0 Å². The maximum atomic E-state index is 12.7. The Hall–Kier alpha value is -1.14. The molecule has 0 atom stereocenters. The predicted octanol–water partition coefficient (Wildman–Crippen LogP) is 8.52. The summed E-state index contributed by atoms with van der Waals surface area (Å²) >= 11 is 1.26. The standard InChI is InChI=1S/C28H47NO4S2Si2/c1-27(2,3)36(7,8)32-23-17-18-24(25(20-23)33-37(9,10)28(4,5)6)21-13-15-22(16-14-21)29-35(30,31)26-12-11-19-34-26/h11-12,17-22,29H,13-16H2,1-10H3. The van der Waals surface area contributed by atoms with E-state index in [4.69, 9.17) is 8.85 Å². The Morgan fingerprint density at radius 3 is 1.95 bits per heavy atom. The van der Waals surface area contributed by atoms with Gasteiger partial charge < -0.3 is 8.85 Å². The maximum Gasteiger partial charge on any atom is 0.250 e. The first-order valence-electron chi connectivity index (χ1n) is 13.4. The Balaban J connectivity index is 1.83. The third kappa shape index (κ3) is 7.29. The van der Waals surface area contributed by atoms with Crippen LogP contribution >= 0.6 is 11.3 Å². The van der Waals surface area contributed by atoms with E-state index in [0.717, 1.165) is 37.2 Å². The zero-order chi connectivity index (χ0) is 27.9. The van der Waals surface area contributed by atoms with Crippen molar-refractivity contribution in [3.05, 3.63) is 41.3 Å². The molecule has 1 saturated carbocycles. The SMILES string of the molecule is CC(C)(C)[Si](C)(C)Oc1ccc(C2CCC(NS(=O)(=O)c3cccs3)CC2)c(O[Si](C)(C)C(C)(C)C)c1. The van der Waals surface area contributed by atoms with Gasteiger partial charge in [-0.15, -0.1) is 11.3 Å². The van der Waals surface area contributed by atoms with Gasteiger partial charge in [0, 0.05) is 12.1 Å². The lowest BCUT2D eigenvalue weighted by atomic mass is 9.81. The first kappa shape index (κ1) is 30.4. The molecular weight excluding hydrogens is 535 g/mol. The van der Waals surface area contributed by atoms with Crippen molar-refractivity contribution >= 4 is 38.0 Å². The molecule has 9 heteroatoms. The Bertz CT molecular complexity index is 1160. The molecule has 0 saturated heterocycles. The molecule has 0 aliphatic heterocycles. The molecule has 5 nitrogen and oxygen atoms in total. The number of rotatable bonds is 8. The normalized spacial score (nSPS) is 20.1. The summed E-state index contributed by atoms with van der Waals surface area (Å²) in [6, 6.07) is 9.84. The van der Waals surface area contributed by atoms with E-state index >= 15 is 0 Å². The first-order valence-corrected chi connectivity index (χ1v) is 21.6. The zero-order valence-corrected chi connectivity index (χ0v) is 28.0. The van der Waals surface area contributed by atoms with Crippen LogP contribution in [0.2, 0.25) is 36.3 Å². The van der Waals surface area contributed by atoms with E-state index in [9.17, 15) is 8.42 Å². The lowest BCUT2D eigenvalue weighted by Crippen LogP contribution is -2.44. The molecule has 1 fully saturated rings. The molecule has 0 amide bonds. The van der Waals surface area contributed by atoms with E-state index < -0.39 is 26.7 Å². The minimum atomic E-state index is -3.45. The van der Waals surface area contributed by atoms with E-state index in [2.05, 4.69) is 90.7 Å². The van der Waals surface area contributed by atoms with Crippen molar-refractivity contribution in [3.63, 3.8) is 0 Å². The fourth-order valence-electron chi connectivity index (χ4n) is 4.10. The highest BCUT2D eigenvalue weighted by molar-refractivity contribution is 7.91. The molecule has 3 rings (SSSR count). The van der Waals surface area contributed by atoms with Gasteiger partial charge in [0.15, 0.2) is 0 Å². The Morgan fingerprint density at radius 2 is 1.43 bits per heavy atom. The van der Waals surface area contributed by atoms with Crippen molar-refractivity contribution in [1.29, 1.82) is 0 Å². The van der Waals surface area contributed by atoms with Crippen molar-refractivity contribution in [2.24, 2.45) is 0 Å². The second kappa shape index (κ2) is 10.8. The Labute approximate surface area is 231 Å². The van der Waals surface area contributed by atoms with Crippen molar-refractivity contribution in [2.45, 2.75) is 120 Å². The number of hydrogen-bond donors (Lipinski definition) is 1. The average molecular weight is 582 g/mol. The molecule has 1 heterocycles. The quantitative estimate of drug-likeness (QED) is 0.317. The molecule has 1 aromatic carbocycles. The van der Waals surface area contributed by atoms with Crippen LogP contribution < -0.4 is 13.6 Å². The van der Waals surface area contributed by atoms with Crippen LogP contribution in [0, 0.1) is 0 Å². The highest BCUT2D eigenvalue weighted by Crippen LogP contribution is 2.45. The van der Waals surface area contributed by atoms with Gasteiger partial charge in [-0.2, -0.15) is 0 Å². The van der Waals surface area contributed by atoms with E-state index in [1.54, 1.807) is 17.5 Å². The lowest BCUT2D eigenvalue weighted by molar-refractivity contribution is 0.367. The van der Waals surface area contributed by atoms with Gasteiger partial charge in [0.1, 0.15) is 15.7 Å². The largest absolute Gasteiger partial charge is 0.543 e. The van der Waals surface area contributed by atoms with Crippen molar-refractivity contribution in [1.82, 2.24) is 4.72 Å². The molecule has 1 aliphatic carbocycles. The van der Waals surface area contributed by atoms with Crippen molar-refractivity contribution in [3.8, 4) is 11.5 Å². The summed E-state index contributed by atoms with van der Waals surface area (Å²) in [6.45, 7) is 22.7. The van der Waals surface area contributed by atoms with Gasteiger partial charge in [-0.05, 0) is 90.9 Å². The molecule has 0 bridgehead atoms. The highest BCUT2D eigenvalue weighted by atomic mass is 32.2. The Morgan fingerprint density at radius 1 is 0.865 bits per heavy atom. The van der Waals surface area contributed by atoms with E-state index in [-0.39, 0.29) is 16.1 Å². The smallest absolute Gasteiger partial charge is 0.250 e. The van der Waals surface area contributed by atoms with Gasteiger partial charge in [0.2, 0.25) is 26.7 Å². The minimum absolute atomic E-state index is 0.0331. The number of benzene rings is 1. The number of hydrogen-bond acceptors (Lipinski definition) is 5. The van der Waals surface area contributed by atoms with Crippen LogP contribution in [0.25, 0.3) is 0 Å². The van der Waals surface area contributed by atoms with Crippen molar-refractivity contribution < 1.29 is 17.3 Å². The summed E-state index contributed by atoms with van der Waals surface area (Å²) in [7, 11) is -7.50. The maximum absolute atomic E-state index is 12.7. The van der Waals surface area contributed by atoms with Gasteiger partial charge in [-0.1, -0.05) is 53.7 Å². The predicted molar refractivity (Wildman–Crippen MR) is 162 cm³/mol. The van der Waals surface area contributed by atoms with Crippen LogP contribution in [0.5, 0.6) is 11.5 Å². The molecule has 1 N–H and O–H groups in total. The van der Waals surface area contributed by atoms with Crippen LogP contribution in [0.3, 0.4) is 0 Å². The van der Waals surface area contributed by atoms with Gasteiger partial charge >= 0.3 is 0 Å². The highest BCUT2D eigenvalue weighted by Gasteiger charge is 2.41. The lowest BCUT2D eigenvalue weighted by Gasteiger charge is -2.39. The van der Waals surface area contributed by atoms with Gasteiger partial charge in [0.05, 0.1) is 0 Å². The summed E-state index contributed by atoms with van der Waals surface area (Å²) in [5.41, 5.74) is 1.23. The second-order valence-corrected chi connectivity index (χ2v) is 25.9. The third-order valence-electron chi connectivity index (χ3n) is 8.58. The topological polar surface area (TPSA) is 64.6 Å². The average Bonchev–Trinajstić information content (AvgIpc) is 3.28. The molecule has 0 radical (unpaired) electrons. The Kier molecular flexibility index (Phi) is 8.87. The first-order chi connectivity index (χ1) is 16.8. The summed E-state index contributed by atoms with van der Waals surface area (Å²) in [5, 5.41) is 1.99.